The maximum absolute atomic E-state index is 12.1. The van der Waals surface area contributed by atoms with E-state index in [0.717, 1.165) is 0 Å². The van der Waals surface area contributed by atoms with E-state index < -0.39 is 12.0 Å². The Morgan fingerprint density at radius 1 is 1.31 bits per heavy atom. The predicted octanol–water partition coefficient (Wildman–Crippen LogP) is 1.11. The molecule has 2 N–H and O–H groups in total. The molecule has 0 unspecified atom stereocenters. The number of aliphatic hydroxyl groups excluding tert-OH is 1. The fourth-order valence-corrected chi connectivity index (χ4v) is 2.61. The van der Waals surface area contributed by atoms with Gasteiger partial charge in [0.05, 0.1) is 12.0 Å². The van der Waals surface area contributed by atoms with E-state index in [2.05, 4.69) is 0 Å². The Morgan fingerprint density at radius 2 is 2.12 bits per heavy atom. The number of hydrogen-bond donors (Lipinski definition) is 2. The summed E-state index contributed by atoms with van der Waals surface area (Å²) in [7, 11) is 0. The number of aliphatic hydroxyl groups is 1. The van der Waals surface area contributed by atoms with Crippen LogP contribution in [-0.2, 0) is 0 Å². The molecule has 1 aromatic rings. The first-order valence-electron chi connectivity index (χ1n) is 5.39. The van der Waals surface area contributed by atoms with Crippen LogP contribution in [0.2, 0.25) is 0 Å². The molecule has 16 heavy (non-hydrogen) atoms. The van der Waals surface area contributed by atoms with Crippen LogP contribution < -0.4 is 4.74 Å². The van der Waals surface area contributed by atoms with E-state index in [1.54, 1.807) is 12.1 Å². The molecule has 1 aliphatic carbocycles. The molecule has 0 spiro atoms. The summed E-state index contributed by atoms with van der Waals surface area (Å²) in [5.74, 6) is -0.351. The molecule has 1 saturated carbocycles. The van der Waals surface area contributed by atoms with Crippen molar-refractivity contribution in [2.75, 3.05) is 0 Å². The Bertz CT molecular complexity index is 454. The van der Waals surface area contributed by atoms with Crippen LogP contribution in [0, 0.1) is 5.92 Å². The van der Waals surface area contributed by atoms with E-state index in [9.17, 15) is 15.0 Å². The lowest BCUT2D eigenvalue weighted by Crippen LogP contribution is -2.38. The first-order chi connectivity index (χ1) is 7.68. The summed E-state index contributed by atoms with van der Waals surface area (Å²) >= 11 is 0. The zero-order valence-corrected chi connectivity index (χ0v) is 8.59. The molecule has 4 heteroatoms. The normalized spacial score (nSPS) is 31.8. The number of phenols is 1. The van der Waals surface area contributed by atoms with Gasteiger partial charge in [0.25, 0.3) is 0 Å². The number of fused-ring (bicyclic) bond motifs is 2. The molecule has 1 heterocycles. The molecule has 3 rings (SSSR count). The van der Waals surface area contributed by atoms with Gasteiger partial charge in [-0.15, -0.1) is 0 Å². The van der Waals surface area contributed by atoms with Gasteiger partial charge in [-0.2, -0.15) is 0 Å². The number of rotatable bonds is 0. The lowest BCUT2D eigenvalue weighted by atomic mass is 9.89. The average molecular weight is 220 g/mol. The number of benzene rings is 1. The number of Topliss-reactive ketones (excluding diaryl/α,β-unsaturated/α-hetero) is 1. The molecule has 84 valence electrons. The van der Waals surface area contributed by atoms with E-state index in [1.807, 2.05) is 0 Å². The van der Waals surface area contributed by atoms with Crippen LogP contribution in [0.4, 0.5) is 0 Å². The van der Waals surface area contributed by atoms with Gasteiger partial charge in [-0.1, -0.05) is 6.07 Å². The smallest absolute Gasteiger partial charge is 0.179 e. The van der Waals surface area contributed by atoms with Crippen LogP contribution in [0.5, 0.6) is 11.5 Å². The third-order valence-corrected chi connectivity index (χ3v) is 3.39. The van der Waals surface area contributed by atoms with Crippen molar-refractivity contribution in [1.29, 1.82) is 0 Å². The summed E-state index contributed by atoms with van der Waals surface area (Å²) in [5.41, 5.74) is 0.213. The van der Waals surface area contributed by atoms with Crippen molar-refractivity contribution in [2.24, 2.45) is 5.92 Å². The Kier molecular flexibility index (Phi) is 1.94. The van der Waals surface area contributed by atoms with Crippen LogP contribution in [0.15, 0.2) is 18.2 Å². The molecule has 0 aromatic heterocycles. The predicted molar refractivity (Wildman–Crippen MR) is 55.6 cm³/mol. The Hall–Kier alpha value is -1.55. The number of ketones is 1. The third kappa shape index (κ3) is 1.16. The SMILES string of the molecule is O=C1c2c(O)cccc2O[C@@H]2CC[C@@H](O)[C@H]12. The second-order valence-corrected chi connectivity index (χ2v) is 4.34. The molecule has 4 nitrogen and oxygen atoms in total. The lowest BCUT2D eigenvalue weighted by molar-refractivity contribution is 0.0474. The van der Waals surface area contributed by atoms with Gasteiger partial charge in [-0.05, 0) is 25.0 Å². The highest BCUT2D eigenvalue weighted by atomic mass is 16.5. The molecule has 0 saturated heterocycles. The summed E-state index contributed by atoms with van der Waals surface area (Å²) in [4.78, 5) is 12.1. The van der Waals surface area contributed by atoms with Gasteiger partial charge < -0.3 is 14.9 Å². The molecule has 0 radical (unpaired) electrons. The second kappa shape index (κ2) is 3.22. The quantitative estimate of drug-likeness (QED) is 0.687. The van der Waals surface area contributed by atoms with E-state index in [1.165, 1.54) is 6.07 Å². The number of ether oxygens (including phenoxy) is 1. The lowest BCUT2D eigenvalue weighted by Gasteiger charge is -2.29. The van der Waals surface area contributed by atoms with Crippen molar-refractivity contribution < 1.29 is 19.7 Å². The first kappa shape index (κ1) is 9.66. The summed E-state index contributed by atoms with van der Waals surface area (Å²) in [6.07, 6.45) is 0.379. The van der Waals surface area contributed by atoms with E-state index in [0.29, 0.717) is 18.6 Å². The van der Waals surface area contributed by atoms with Crippen LogP contribution >= 0.6 is 0 Å². The highest BCUT2D eigenvalue weighted by Gasteiger charge is 2.46. The second-order valence-electron chi connectivity index (χ2n) is 4.34. The number of carbonyl (C=O) groups is 1. The monoisotopic (exact) mass is 220 g/mol. The molecule has 3 atom stereocenters. The molecular formula is C12H12O4. The van der Waals surface area contributed by atoms with Crippen molar-refractivity contribution >= 4 is 5.78 Å². The fraction of sp³-hybridized carbons (Fsp3) is 0.417. The van der Waals surface area contributed by atoms with Gasteiger partial charge in [0, 0.05) is 0 Å². The van der Waals surface area contributed by atoms with Crippen LogP contribution in [-0.4, -0.2) is 28.2 Å². The molecule has 2 aliphatic rings. The van der Waals surface area contributed by atoms with Gasteiger partial charge in [-0.25, -0.2) is 0 Å². The van der Waals surface area contributed by atoms with Crippen molar-refractivity contribution in [3.05, 3.63) is 23.8 Å². The van der Waals surface area contributed by atoms with Gasteiger partial charge in [0.2, 0.25) is 0 Å². The Balaban J connectivity index is 2.11. The van der Waals surface area contributed by atoms with Gasteiger partial charge in [0.1, 0.15) is 23.2 Å². The van der Waals surface area contributed by atoms with Gasteiger partial charge >= 0.3 is 0 Å². The third-order valence-electron chi connectivity index (χ3n) is 3.39. The largest absolute Gasteiger partial charge is 0.507 e. The molecule has 1 aromatic carbocycles. The van der Waals surface area contributed by atoms with E-state index in [-0.39, 0.29) is 23.2 Å². The Labute approximate surface area is 92.5 Å². The summed E-state index contributed by atoms with van der Waals surface area (Å²) < 4.78 is 5.64. The van der Waals surface area contributed by atoms with Gasteiger partial charge in [0.15, 0.2) is 5.78 Å². The maximum atomic E-state index is 12.1. The highest BCUT2D eigenvalue weighted by molar-refractivity contribution is 6.04. The average Bonchev–Trinajstić information content (AvgIpc) is 2.60. The van der Waals surface area contributed by atoms with E-state index >= 15 is 0 Å². The molecule has 0 bridgehead atoms. The topological polar surface area (TPSA) is 66.8 Å². The van der Waals surface area contributed by atoms with Crippen molar-refractivity contribution in [3.63, 3.8) is 0 Å². The van der Waals surface area contributed by atoms with Crippen molar-refractivity contribution in [1.82, 2.24) is 0 Å². The molecular weight excluding hydrogens is 208 g/mol. The van der Waals surface area contributed by atoms with Crippen LogP contribution in [0.3, 0.4) is 0 Å². The summed E-state index contributed by atoms with van der Waals surface area (Å²) in [6.45, 7) is 0. The standard InChI is InChI=1S/C12H12O4/c13-6-2-1-3-8-10(6)12(15)11-7(14)4-5-9(11)16-8/h1-3,7,9,11,13-14H,4-5H2/t7-,9-,11+/m1/s1. The number of carbonyl (C=O) groups excluding carboxylic acids is 1. The maximum Gasteiger partial charge on any atom is 0.179 e. The minimum absolute atomic E-state index is 0.0694. The number of phenolic OH excluding ortho intramolecular Hbond substituents is 1. The highest BCUT2D eigenvalue weighted by Crippen LogP contribution is 2.42. The molecule has 1 fully saturated rings. The number of hydrogen-bond acceptors (Lipinski definition) is 4. The summed E-state index contributed by atoms with van der Waals surface area (Å²) in [5, 5.41) is 19.4. The minimum Gasteiger partial charge on any atom is -0.507 e. The zero-order chi connectivity index (χ0) is 11.3. The van der Waals surface area contributed by atoms with Crippen molar-refractivity contribution in [2.45, 2.75) is 25.0 Å². The van der Waals surface area contributed by atoms with Gasteiger partial charge in [-0.3, -0.25) is 4.79 Å². The zero-order valence-electron chi connectivity index (χ0n) is 8.59. The molecule has 1 aliphatic heterocycles. The van der Waals surface area contributed by atoms with Crippen LogP contribution in [0.1, 0.15) is 23.2 Å². The summed E-state index contributed by atoms with van der Waals surface area (Å²) in [6, 6.07) is 4.78. The number of aromatic hydroxyl groups is 1. The first-order valence-corrected chi connectivity index (χ1v) is 5.39. The van der Waals surface area contributed by atoms with Crippen LogP contribution in [0.25, 0.3) is 0 Å². The van der Waals surface area contributed by atoms with E-state index in [4.69, 9.17) is 4.74 Å². The minimum atomic E-state index is -0.648. The fourth-order valence-electron chi connectivity index (χ4n) is 2.61. The Morgan fingerprint density at radius 3 is 2.94 bits per heavy atom. The van der Waals surface area contributed by atoms with Crippen molar-refractivity contribution in [3.8, 4) is 11.5 Å². The molecule has 0 amide bonds.